The molecule has 0 saturated heterocycles. The lowest BCUT2D eigenvalue weighted by molar-refractivity contribution is 1.46. The van der Waals surface area contributed by atoms with Gasteiger partial charge in [-0.25, -0.2) is 0 Å². The third-order valence-corrected chi connectivity index (χ3v) is 6.79. The van der Waals surface area contributed by atoms with Crippen LogP contribution in [0.2, 0.25) is 0 Å². The van der Waals surface area contributed by atoms with Crippen molar-refractivity contribution in [3.63, 3.8) is 0 Å². The zero-order valence-electron chi connectivity index (χ0n) is 14.6. The van der Waals surface area contributed by atoms with Gasteiger partial charge in [0.1, 0.15) is 17.7 Å². The van der Waals surface area contributed by atoms with Crippen molar-refractivity contribution in [2.75, 3.05) is 0 Å². The van der Waals surface area contributed by atoms with E-state index in [1.165, 1.54) is 9.75 Å². The van der Waals surface area contributed by atoms with Gasteiger partial charge in [0.25, 0.3) is 0 Å². The smallest absolute Gasteiger partial charge is 0.138 e. The van der Waals surface area contributed by atoms with E-state index < -0.39 is 0 Å². The Kier molecular flexibility index (Phi) is 3.95. The summed E-state index contributed by atoms with van der Waals surface area (Å²) in [4.78, 5) is 2.35. The average molecular weight is 393 g/mol. The van der Waals surface area contributed by atoms with Gasteiger partial charge in [0.15, 0.2) is 0 Å². The third kappa shape index (κ3) is 2.52. The summed E-state index contributed by atoms with van der Waals surface area (Å²) in [5.74, 6) is 0. The fourth-order valence-corrected chi connectivity index (χ4v) is 5.16. The second-order valence-electron chi connectivity index (χ2n) is 6.45. The standard InChI is InChI=1S/C24H12N2S2/c25-13-17(14-26)24-20-11-15(22-3-1-9-27-22)5-7-18(20)19-8-6-16(12-21(19)24)23-4-2-10-28-23/h1-12H. The highest BCUT2D eigenvalue weighted by Gasteiger charge is 2.27. The molecule has 0 saturated carbocycles. The van der Waals surface area contributed by atoms with E-state index in [1.807, 2.05) is 12.1 Å². The molecule has 2 heterocycles. The zero-order chi connectivity index (χ0) is 19.1. The molecule has 4 aromatic rings. The molecule has 0 fully saturated rings. The predicted octanol–water partition coefficient (Wildman–Crippen LogP) is 6.97. The maximum absolute atomic E-state index is 9.62. The highest BCUT2D eigenvalue weighted by Crippen LogP contribution is 2.48. The van der Waals surface area contributed by atoms with Gasteiger partial charge in [0, 0.05) is 15.3 Å². The lowest BCUT2D eigenvalue weighted by Crippen LogP contribution is -1.88. The lowest BCUT2D eigenvalue weighted by atomic mass is 9.96. The van der Waals surface area contributed by atoms with Crippen molar-refractivity contribution in [1.82, 2.24) is 0 Å². The second-order valence-corrected chi connectivity index (χ2v) is 8.34. The Morgan fingerprint density at radius 1 is 0.643 bits per heavy atom. The lowest BCUT2D eigenvalue weighted by Gasteiger charge is -2.06. The largest absolute Gasteiger partial charge is 0.192 e. The van der Waals surface area contributed by atoms with Gasteiger partial charge < -0.3 is 0 Å². The Hall–Kier alpha value is -3.44. The monoisotopic (exact) mass is 392 g/mol. The molecule has 1 aliphatic rings. The Bertz CT molecular complexity index is 1210. The molecule has 0 spiro atoms. The number of nitrogens with zero attached hydrogens (tertiary/aromatic N) is 2. The number of allylic oxidation sites excluding steroid dienone is 1. The van der Waals surface area contributed by atoms with Gasteiger partial charge in [-0.05, 0) is 68.4 Å². The van der Waals surface area contributed by atoms with Gasteiger partial charge in [-0.3, -0.25) is 0 Å². The minimum absolute atomic E-state index is 0.159. The molecule has 0 N–H and O–H groups in total. The van der Waals surface area contributed by atoms with E-state index in [-0.39, 0.29) is 5.57 Å². The van der Waals surface area contributed by atoms with Crippen LogP contribution in [0, 0.1) is 22.7 Å². The summed E-state index contributed by atoms with van der Waals surface area (Å²) in [6, 6.07) is 25.1. The van der Waals surface area contributed by atoms with Crippen LogP contribution in [0.3, 0.4) is 0 Å². The van der Waals surface area contributed by atoms with Crippen LogP contribution >= 0.6 is 22.7 Å². The zero-order valence-corrected chi connectivity index (χ0v) is 16.3. The molecule has 5 rings (SSSR count). The molecule has 2 nitrogen and oxygen atoms in total. The molecular formula is C24H12N2S2. The average Bonchev–Trinajstić information content (AvgIpc) is 3.49. The molecule has 2 aromatic heterocycles. The van der Waals surface area contributed by atoms with Gasteiger partial charge in [-0.1, -0.05) is 36.4 Å². The molecule has 0 aliphatic heterocycles. The van der Waals surface area contributed by atoms with Crippen molar-refractivity contribution in [3.8, 4) is 44.1 Å². The van der Waals surface area contributed by atoms with Crippen molar-refractivity contribution in [2.24, 2.45) is 0 Å². The summed E-state index contributed by atoms with van der Waals surface area (Å²) in [5, 5.41) is 23.3. The Labute approximate surface area is 170 Å². The van der Waals surface area contributed by atoms with Gasteiger partial charge in [-0.15, -0.1) is 22.7 Å². The van der Waals surface area contributed by atoms with Crippen molar-refractivity contribution < 1.29 is 0 Å². The molecule has 0 bridgehead atoms. The number of rotatable bonds is 2. The SMILES string of the molecule is N#CC(C#N)=C1c2cc(-c3cccs3)ccc2-c2ccc(-c3cccs3)cc21. The van der Waals surface area contributed by atoms with Crippen molar-refractivity contribution >= 4 is 28.2 Å². The fraction of sp³-hybridized carbons (Fsp3) is 0. The van der Waals surface area contributed by atoms with E-state index in [9.17, 15) is 10.5 Å². The van der Waals surface area contributed by atoms with E-state index in [0.29, 0.717) is 0 Å². The highest BCUT2D eigenvalue weighted by atomic mass is 32.1. The van der Waals surface area contributed by atoms with Crippen LogP contribution in [0.25, 0.3) is 37.6 Å². The molecule has 130 valence electrons. The van der Waals surface area contributed by atoms with Gasteiger partial charge >= 0.3 is 0 Å². The molecule has 0 atom stereocenters. The third-order valence-electron chi connectivity index (χ3n) is 4.95. The summed E-state index contributed by atoms with van der Waals surface area (Å²) in [5.41, 5.74) is 7.18. The normalized spacial score (nSPS) is 11.4. The molecule has 28 heavy (non-hydrogen) atoms. The first-order valence-corrected chi connectivity index (χ1v) is 10.5. The molecule has 4 heteroatoms. The van der Waals surface area contributed by atoms with Crippen LogP contribution < -0.4 is 0 Å². The minimum atomic E-state index is 0.159. The molecule has 0 radical (unpaired) electrons. The Morgan fingerprint density at radius 2 is 1.14 bits per heavy atom. The molecular weight excluding hydrogens is 380 g/mol. The first-order chi connectivity index (χ1) is 13.8. The van der Waals surface area contributed by atoms with Crippen molar-refractivity contribution in [3.05, 3.63) is 88.1 Å². The number of benzene rings is 2. The van der Waals surface area contributed by atoms with Crippen LogP contribution in [0.1, 0.15) is 11.1 Å². The maximum Gasteiger partial charge on any atom is 0.138 e. The molecule has 2 aromatic carbocycles. The summed E-state index contributed by atoms with van der Waals surface area (Å²) >= 11 is 3.36. The number of hydrogen-bond acceptors (Lipinski definition) is 4. The first-order valence-electron chi connectivity index (χ1n) is 8.71. The second kappa shape index (κ2) is 6.62. The van der Waals surface area contributed by atoms with Gasteiger partial charge in [0.05, 0.1) is 0 Å². The highest BCUT2D eigenvalue weighted by molar-refractivity contribution is 7.13. The van der Waals surface area contributed by atoms with Crippen LogP contribution in [0.5, 0.6) is 0 Å². The molecule has 1 aliphatic carbocycles. The molecule has 0 unspecified atom stereocenters. The quantitative estimate of drug-likeness (QED) is 0.304. The van der Waals surface area contributed by atoms with E-state index in [1.54, 1.807) is 22.7 Å². The number of fused-ring (bicyclic) bond motifs is 3. The Balaban J connectivity index is 1.78. The maximum atomic E-state index is 9.62. The number of hydrogen-bond donors (Lipinski definition) is 0. The minimum Gasteiger partial charge on any atom is -0.192 e. The van der Waals surface area contributed by atoms with Crippen LogP contribution in [0.15, 0.2) is 77.0 Å². The van der Waals surface area contributed by atoms with E-state index in [0.717, 1.165) is 39.0 Å². The number of thiophene rings is 2. The number of nitriles is 2. The summed E-state index contributed by atoms with van der Waals surface area (Å²) in [7, 11) is 0. The summed E-state index contributed by atoms with van der Waals surface area (Å²) in [6.07, 6.45) is 0. The van der Waals surface area contributed by atoms with Gasteiger partial charge in [0.2, 0.25) is 0 Å². The summed E-state index contributed by atoms with van der Waals surface area (Å²) < 4.78 is 0. The van der Waals surface area contributed by atoms with Crippen LogP contribution in [-0.2, 0) is 0 Å². The van der Waals surface area contributed by atoms with Crippen LogP contribution in [0.4, 0.5) is 0 Å². The predicted molar refractivity (Wildman–Crippen MR) is 116 cm³/mol. The first kappa shape index (κ1) is 16.7. The van der Waals surface area contributed by atoms with Crippen molar-refractivity contribution in [1.29, 1.82) is 10.5 Å². The topological polar surface area (TPSA) is 47.6 Å². The van der Waals surface area contributed by atoms with E-state index in [4.69, 9.17) is 0 Å². The van der Waals surface area contributed by atoms with E-state index >= 15 is 0 Å². The summed E-state index contributed by atoms with van der Waals surface area (Å²) in [6.45, 7) is 0. The van der Waals surface area contributed by atoms with Gasteiger partial charge in [-0.2, -0.15) is 10.5 Å². The van der Waals surface area contributed by atoms with Crippen LogP contribution in [-0.4, -0.2) is 0 Å². The fourth-order valence-electron chi connectivity index (χ4n) is 3.72. The van der Waals surface area contributed by atoms with E-state index in [2.05, 4.69) is 71.4 Å². The molecule has 0 amide bonds. The Morgan fingerprint density at radius 3 is 1.54 bits per heavy atom. The van der Waals surface area contributed by atoms with Crippen molar-refractivity contribution in [2.45, 2.75) is 0 Å².